The number of aliphatic hydroxyl groups is 2. The SMILES string of the molecule is CC(O)CCOCCOCCNC(O)OCC1C=CC=CC1. The first kappa shape index (κ1) is 19.3. The first-order chi connectivity index (χ1) is 10.7. The number of ether oxygens (including phenoxy) is 3. The summed E-state index contributed by atoms with van der Waals surface area (Å²) in [5, 5.41) is 21.5. The predicted octanol–water partition coefficient (Wildman–Crippen LogP) is 0.805. The maximum Gasteiger partial charge on any atom is 0.213 e. The third-order valence-corrected chi connectivity index (χ3v) is 3.15. The van der Waals surface area contributed by atoms with Gasteiger partial charge < -0.3 is 24.4 Å². The maximum atomic E-state index is 9.63. The van der Waals surface area contributed by atoms with E-state index in [-0.39, 0.29) is 6.10 Å². The van der Waals surface area contributed by atoms with Crippen molar-refractivity contribution in [2.24, 2.45) is 5.92 Å². The average Bonchev–Trinajstić information content (AvgIpc) is 2.52. The molecule has 0 bridgehead atoms. The third-order valence-electron chi connectivity index (χ3n) is 3.15. The van der Waals surface area contributed by atoms with Gasteiger partial charge in [0.2, 0.25) is 6.41 Å². The normalized spacial score (nSPS) is 20.2. The predicted molar refractivity (Wildman–Crippen MR) is 84.3 cm³/mol. The Labute approximate surface area is 132 Å². The van der Waals surface area contributed by atoms with Crippen LogP contribution in [0.5, 0.6) is 0 Å². The van der Waals surface area contributed by atoms with Crippen LogP contribution in [-0.2, 0) is 14.2 Å². The van der Waals surface area contributed by atoms with Crippen molar-refractivity contribution in [2.75, 3.05) is 39.6 Å². The van der Waals surface area contributed by atoms with Gasteiger partial charge in [-0.25, -0.2) is 0 Å². The van der Waals surface area contributed by atoms with Gasteiger partial charge in [0, 0.05) is 19.1 Å². The zero-order valence-electron chi connectivity index (χ0n) is 13.3. The molecule has 0 aromatic heterocycles. The van der Waals surface area contributed by atoms with Crippen molar-refractivity contribution >= 4 is 0 Å². The van der Waals surface area contributed by atoms with E-state index in [1.807, 2.05) is 12.2 Å². The molecule has 0 aromatic rings. The van der Waals surface area contributed by atoms with Gasteiger partial charge in [0.1, 0.15) is 0 Å². The average molecular weight is 315 g/mol. The van der Waals surface area contributed by atoms with Gasteiger partial charge in [-0.05, 0) is 19.8 Å². The summed E-state index contributed by atoms with van der Waals surface area (Å²) >= 11 is 0. The Bertz CT molecular complexity index is 320. The highest BCUT2D eigenvalue weighted by Crippen LogP contribution is 2.11. The van der Waals surface area contributed by atoms with Crippen molar-refractivity contribution in [1.29, 1.82) is 0 Å². The number of hydrogen-bond acceptors (Lipinski definition) is 6. The zero-order valence-corrected chi connectivity index (χ0v) is 13.3. The molecular weight excluding hydrogens is 286 g/mol. The monoisotopic (exact) mass is 315 g/mol. The van der Waals surface area contributed by atoms with E-state index in [0.717, 1.165) is 6.42 Å². The highest BCUT2D eigenvalue weighted by atomic mass is 16.6. The highest BCUT2D eigenvalue weighted by Gasteiger charge is 2.09. The molecule has 1 aliphatic carbocycles. The molecule has 1 aliphatic rings. The Morgan fingerprint density at radius 1 is 1.14 bits per heavy atom. The summed E-state index contributed by atoms with van der Waals surface area (Å²) in [6, 6.07) is 0. The molecule has 0 radical (unpaired) electrons. The summed E-state index contributed by atoms with van der Waals surface area (Å²) in [4.78, 5) is 0. The molecule has 0 aromatic carbocycles. The molecule has 0 saturated carbocycles. The molecule has 6 nitrogen and oxygen atoms in total. The van der Waals surface area contributed by atoms with Gasteiger partial charge in [-0.1, -0.05) is 24.3 Å². The molecule has 0 saturated heterocycles. The minimum atomic E-state index is -0.967. The number of hydrogen-bond donors (Lipinski definition) is 3. The smallest absolute Gasteiger partial charge is 0.213 e. The Hall–Kier alpha value is -0.760. The van der Waals surface area contributed by atoms with Crippen LogP contribution in [0.15, 0.2) is 24.3 Å². The number of nitrogens with one attached hydrogen (secondary N) is 1. The van der Waals surface area contributed by atoms with Crippen molar-refractivity contribution in [3.63, 3.8) is 0 Å². The van der Waals surface area contributed by atoms with Gasteiger partial charge in [0.25, 0.3) is 0 Å². The maximum absolute atomic E-state index is 9.63. The first-order valence-corrected chi connectivity index (χ1v) is 7.88. The second kappa shape index (κ2) is 12.8. The molecule has 0 aliphatic heterocycles. The fraction of sp³-hybridized carbons (Fsp3) is 0.750. The van der Waals surface area contributed by atoms with Crippen molar-refractivity contribution in [2.45, 2.75) is 32.3 Å². The summed E-state index contributed by atoms with van der Waals surface area (Å²) in [5.74, 6) is 0.330. The van der Waals surface area contributed by atoms with Gasteiger partial charge >= 0.3 is 0 Å². The van der Waals surface area contributed by atoms with E-state index in [9.17, 15) is 5.11 Å². The largest absolute Gasteiger partial charge is 0.393 e. The summed E-state index contributed by atoms with van der Waals surface area (Å²) in [6.45, 7) is 4.76. The van der Waals surface area contributed by atoms with Crippen molar-refractivity contribution in [3.05, 3.63) is 24.3 Å². The Kier molecular flexibility index (Phi) is 11.2. The van der Waals surface area contributed by atoms with Crippen molar-refractivity contribution in [1.82, 2.24) is 5.32 Å². The Balaban J connectivity index is 1.83. The molecular formula is C16H29NO5. The molecule has 1 rings (SSSR count). The second-order valence-electron chi connectivity index (χ2n) is 5.31. The van der Waals surface area contributed by atoms with E-state index in [1.165, 1.54) is 0 Å². The van der Waals surface area contributed by atoms with Gasteiger partial charge in [-0.15, -0.1) is 0 Å². The van der Waals surface area contributed by atoms with E-state index >= 15 is 0 Å². The van der Waals surface area contributed by atoms with Gasteiger partial charge in [-0.2, -0.15) is 0 Å². The van der Waals surface area contributed by atoms with E-state index in [0.29, 0.717) is 51.9 Å². The molecule has 3 unspecified atom stereocenters. The fourth-order valence-corrected chi connectivity index (χ4v) is 1.86. The number of aliphatic hydroxyl groups excluding tert-OH is 2. The Morgan fingerprint density at radius 3 is 2.59 bits per heavy atom. The lowest BCUT2D eigenvalue weighted by molar-refractivity contribution is -0.128. The topological polar surface area (TPSA) is 80.2 Å². The number of allylic oxidation sites excluding steroid dienone is 3. The van der Waals surface area contributed by atoms with Crippen LogP contribution in [0.4, 0.5) is 0 Å². The zero-order chi connectivity index (χ0) is 16.0. The second-order valence-corrected chi connectivity index (χ2v) is 5.31. The highest BCUT2D eigenvalue weighted by molar-refractivity contribution is 5.10. The van der Waals surface area contributed by atoms with Gasteiger partial charge in [-0.3, -0.25) is 5.32 Å². The molecule has 0 fully saturated rings. The van der Waals surface area contributed by atoms with Crippen LogP contribution < -0.4 is 5.32 Å². The molecule has 0 amide bonds. The van der Waals surface area contributed by atoms with E-state index in [1.54, 1.807) is 6.92 Å². The molecule has 128 valence electrons. The summed E-state index contributed by atoms with van der Waals surface area (Å²) in [7, 11) is 0. The Morgan fingerprint density at radius 2 is 1.91 bits per heavy atom. The lowest BCUT2D eigenvalue weighted by Crippen LogP contribution is -2.35. The van der Waals surface area contributed by atoms with Crippen LogP contribution in [0.1, 0.15) is 19.8 Å². The van der Waals surface area contributed by atoms with Crippen molar-refractivity contribution < 1.29 is 24.4 Å². The van der Waals surface area contributed by atoms with E-state index in [4.69, 9.17) is 19.3 Å². The summed E-state index contributed by atoms with van der Waals surface area (Å²) in [6.07, 6.45) is 8.46. The molecule has 6 heteroatoms. The molecule has 3 N–H and O–H groups in total. The fourth-order valence-electron chi connectivity index (χ4n) is 1.86. The van der Waals surface area contributed by atoms with E-state index in [2.05, 4.69) is 17.5 Å². The van der Waals surface area contributed by atoms with Crippen LogP contribution in [0.25, 0.3) is 0 Å². The van der Waals surface area contributed by atoms with Gasteiger partial charge in [0.15, 0.2) is 0 Å². The van der Waals surface area contributed by atoms with Crippen LogP contribution in [0, 0.1) is 5.92 Å². The molecule has 0 spiro atoms. The van der Waals surface area contributed by atoms with Crippen LogP contribution in [0.3, 0.4) is 0 Å². The van der Waals surface area contributed by atoms with Gasteiger partial charge in [0.05, 0.1) is 32.5 Å². The first-order valence-electron chi connectivity index (χ1n) is 7.88. The van der Waals surface area contributed by atoms with E-state index < -0.39 is 6.41 Å². The quantitative estimate of drug-likeness (QED) is 0.345. The summed E-state index contributed by atoms with van der Waals surface area (Å²) < 4.78 is 16.0. The molecule has 22 heavy (non-hydrogen) atoms. The molecule has 0 heterocycles. The minimum Gasteiger partial charge on any atom is -0.393 e. The molecule has 3 atom stereocenters. The minimum absolute atomic E-state index is 0.327. The summed E-state index contributed by atoms with van der Waals surface area (Å²) in [5.41, 5.74) is 0. The standard InChI is InChI=1S/C16H29NO5/c1-14(18)7-9-20-11-12-21-10-8-17-16(19)22-13-15-5-3-2-4-6-15/h2-5,14-19H,6-13H2,1H3. The lowest BCUT2D eigenvalue weighted by atomic mass is 10.0. The lowest BCUT2D eigenvalue weighted by Gasteiger charge is -2.18. The van der Waals surface area contributed by atoms with Crippen LogP contribution >= 0.6 is 0 Å². The number of rotatable bonds is 13. The van der Waals surface area contributed by atoms with Crippen molar-refractivity contribution in [3.8, 4) is 0 Å². The third kappa shape index (κ3) is 10.9. The van der Waals surface area contributed by atoms with Crippen LogP contribution in [0.2, 0.25) is 0 Å². The van der Waals surface area contributed by atoms with Crippen LogP contribution in [-0.4, -0.2) is 62.3 Å².